The van der Waals surface area contributed by atoms with Crippen LogP contribution in [0.5, 0.6) is 0 Å². The fourth-order valence-electron chi connectivity index (χ4n) is 4.04. The molecule has 29 heavy (non-hydrogen) atoms. The van der Waals surface area contributed by atoms with E-state index in [-0.39, 0.29) is 11.8 Å². The van der Waals surface area contributed by atoms with Gasteiger partial charge in [0.1, 0.15) is 6.04 Å². The van der Waals surface area contributed by atoms with Crippen molar-refractivity contribution in [2.75, 3.05) is 6.54 Å². The number of carboxylic acid groups (broad SMARTS) is 1. The van der Waals surface area contributed by atoms with Gasteiger partial charge in [0, 0.05) is 35.8 Å². The summed E-state index contributed by atoms with van der Waals surface area (Å²) < 4.78 is 1.93. The smallest absolute Gasteiger partial charge is 0.308 e. The van der Waals surface area contributed by atoms with Crippen LogP contribution in [0, 0.1) is 5.92 Å². The molecule has 2 amide bonds. The lowest BCUT2D eigenvalue weighted by Crippen LogP contribution is -2.51. The number of aromatic nitrogens is 1. The van der Waals surface area contributed by atoms with Crippen LogP contribution < -0.4 is 16.4 Å². The molecule has 0 spiro atoms. The van der Waals surface area contributed by atoms with Crippen LogP contribution in [0.1, 0.15) is 42.5 Å². The molecule has 1 heterocycles. The zero-order valence-electron chi connectivity index (χ0n) is 16.6. The van der Waals surface area contributed by atoms with E-state index in [1.165, 1.54) is 0 Å². The number of hydrogen-bond donors (Lipinski definition) is 4. The number of aryl methyl sites for hydroxylation is 1. The highest BCUT2D eigenvalue weighted by molar-refractivity contribution is 6.07. The van der Waals surface area contributed by atoms with Crippen LogP contribution in [0.15, 0.2) is 30.5 Å². The van der Waals surface area contributed by atoms with E-state index in [4.69, 9.17) is 5.73 Å². The maximum absolute atomic E-state index is 12.9. The second kappa shape index (κ2) is 9.09. The molecule has 1 aliphatic carbocycles. The topological polar surface area (TPSA) is 126 Å². The Morgan fingerprint density at radius 2 is 2.07 bits per heavy atom. The van der Waals surface area contributed by atoms with Crippen LogP contribution in [0.4, 0.5) is 0 Å². The Morgan fingerprint density at radius 3 is 2.79 bits per heavy atom. The normalized spacial score (nSPS) is 19.8. The van der Waals surface area contributed by atoms with Crippen molar-refractivity contribution in [2.45, 2.75) is 44.2 Å². The van der Waals surface area contributed by atoms with E-state index < -0.39 is 24.0 Å². The number of hydrogen-bond acceptors (Lipinski definition) is 4. The summed E-state index contributed by atoms with van der Waals surface area (Å²) in [5.74, 6) is -2.17. The van der Waals surface area contributed by atoms with Gasteiger partial charge in [-0.2, -0.15) is 0 Å². The van der Waals surface area contributed by atoms with E-state index in [1.807, 2.05) is 36.0 Å². The molecule has 0 radical (unpaired) electrons. The lowest BCUT2D eigenvalue weighted by molar-refractivity contribution is -0.142. The van der Waals surface area contributed by atoms with Gasteiger partial charge >= 0.3 is 5.97 Å². The summed E-state index contributed by atoms with van der Waals surface area (Å²) in [4.78, 5) is 37.2. The van der Waals surface area contributed by atoms with Crippen molar-refractivity contribution in [3.8, 4) is 0 Å². The Labute approximate surface area is 169 Å². The molecule has 8 nitrogen and oxygen atoms in total. The van der Waals surface area contributed by atoms with Gasteiger partial charge < -0.3 is 26.0 Å². The van der Waals surface area contributed by atoms with Gasteiger partial charge in [-0.3, -0.25) is 14.4 Å². The Morgan fingerprint density at radius 1 is 1.28 bits per heavy atom. The number of carbonyl (C=O) groups excluding carboxylic acids is 2. The largest absolute Gasteiger partial charge is 0.481 e. The number of rotatable bonds is 8. The van der Waals surface area contributed by atoms with Crippen LogP contribution >= 0.6 is 0 Å². The third-order valence-corrected chi connectivity index (χ3v) is 5.65. The summed E-state index contributed by atoms with van der Waals surface area (Å²) in [7, 11) is 1.90. The van der Waals surface area contributed by atoms with Crippen LogP contribution in [-0.4, -0.2) is 46.1 Å². The SMILES string of the molecule is Cn1ccc2c(C(=O)N[C@@H](CCCN)C(=O)N[C@H]3CCC[C@H]3C(=O)O)cccc21. The molecule has 3 atom stereocenters. The van der Waals surface area contributed by atoms with E-state index in [2.05, 4.69) is 10.6 Å². The van der Waals surface area contributed by atoms with Crippen LogP contribution in [0.25, 0.3) is 10.9 Å². The van der Waals surface area contributed by atoms with E-state index >= 15 is 0 Å². The van der Waals surface area contributed by atoms with Crippen molar-refractivity contribution in [1.29, 1.82) is 0 Å². The number of amides is 2. The van der Waals surface area contributed by atoms with Gasteiger partial charge in [0.05, 0.1) is 5.92 Å². The standard InChI is InChI=1S/C21H28N4O4/c1-25-12-10-13-14(5-3-9-18(13)25)19(26)24-17(8-4-11-22)20(27)23-16-7-2-6-15(16)21(28)29/h3,5,9-10,12,15-17H,2,4,6-8,11,22H2,1H3,(H,23,27)(H,24,26)(H,28,29)/t15-,16+,17+/m1/s1. The number of benzene rings is 1. The first-order valence-electron chi connectivity index (χ1n) is 10.0. The average Bonchev–Trinajstić information content (AvgIpc) is 3.31. The minimum Gasteiger partial charge on any atom is -0.481 e. The summed E-state index contributed by atoms with van der Waals surface area (Å²) in [5, 5.41) is 15.8. The third kappa shape index (κ3) is 4.59. The molecule has 1 aromatic carbocycles. The zero-order chi connectivity index (χ0) is 21.0. The van der Waals surface area contributed by atoms with Crippen molar-refractivity contribution < 1.29 is 19.5 Å². The van der Waals surface area contributed by atoms with E-state index in [0.29, 0.717) is 37.8 Å². The number of carbonyl (C=O) groups is 3. The summed E-state index contributed by atoms with van der Waals surface area (Å²) in [6, 6.07) is 6.16. The molecule has 1 saturated carbocycles. The van der Waals surface area contributed by atoms with Crippen molar-refractivity contribution in [2.24, 2.45) is 18.7 Å². The van der Waals surface area contributed by atoms with Crippen LogP contribution in [0.3, 0.4) is 0 Å². The Balaban J connectivity index is 1.75. The van der Waals surface area contributed by atoms with E-state index in [0.717, 1.165) is 17.3 Å². The van der Waals surface area contributed by atoms with Gasteiger partial charge in [0.25, 0.3) is 5.91 Å². The second-order valence-corrected chi connectivity index (χ2v) is 7.61. The molecule has 0 bridgehead atoms. The number of nitrogens with zero attached hydrogens (tertiary/aromatic N) is 1. The molecule has 0 unspecified atom stereocenters. The monoisotopic (exact) mass is 400 g/mol. The fraction of sp³-hybridized carbons (Fsp3) is 0.476. The van der Waals surface area contributed by atoms with Gasteiger partial charge in [-0.1, -0.05) is 12.5 Å². The summed E-state index contributed by atoms with van der Waals surface area (Å²) in [6.45, 7) is 0.398. The van der Waals surface area contributed by atoms with Crippen molar-refractivity contribution >= 4 is 28.7 Å². The molecular formula is C21H28N4O4. The van der Waals surface area contributed by atoms with Gasteiger partial charge in [0.15, 0.2) is 0 Å². The maximum atomic E-state index is 12.9. The first-order valence-corrected chi connectivity index (χ1v) is 10.0. The summed E-state index contributed by atoms with van der Waals surface area (Å²) in [5.41, 5.74) is 7.02. The third-order valence-electron chi connectivity index (χ3n) is 5.65. The van der Waals surface area contributed by atoms with E-state index in [1.54, 1.807) is 6.07 Å². The van der Waals surface area contributed by atoms with Gasteiger partial charge in [-0.15, -0.1) is 0 Å². The van der Waals surface area contributed by atoms with Gasteiger partial charge in [-0.25, -0.2) is 0 Å². The minimum atomic E-state index is -0.897. The predicted octanol–water partition coefficient (Wildman–Crippen LogP) is 1.39. The first kappa shape index (κ1) is 20.9. The quantitative estimate of drug-likeness (QED) is 0.533. The number of carboxylic acids is 1. The van der Waals surface area contributed by atoms with Gasteiger partial charge in [0.2, 0.25) is 5.91 Å². The highest BCUT2D eigenvalue weighted by atomic mass is 16.4. The minimum absolute atomic E-state index is 0.333. The molecule has 1 aromatic heterocycles. The van der Waals surface area contributed by atoms with Crippen LogP contribution in [-0.2, 0) is 16.6 Å². The molecule has 156 valence electrons. The summed E-state index contributed by atoms with van der Waals surface area (Å²) >= 11 is 0. The van der Waals surface area contributed by atoms with Crippen molar-refractivity contribution in [1.82, 2.24) is 15.2 Å². The molecular weight excluding hydrogens is 372 g/mol. The van der Waals surface area contributed by atoms with Crippen molar-refractivity contribution in [3.63, 3.8) is 0 Å². The molecule has 1 fully saturated rings. The molecule has 0 saturated heterocycles. The highest BCUT2D eigenvalue weighted by Gasteiger charge is 2.35. The Kier molecular flexibility index (Phi) is 6.53. The first-order chi connectivity index (χ1) is 13.9. The average molecular weight is 400 g/mol. The van der Waals surface area contributed by atoms with Crippen LogP contribution in [0.2, 0.25) is 0 Å². The Bertz CT molecular complexity index is 907. The molecule has 8 heteroatoms. The summed E-state index contributed by atoms with van der Waals surface area (Å²) in [6.07, 6.45) is 4.79. The number of nitrogens with one attached hydrogen (secondary N) is 2. The lowest BCUT2D eigenvalue weighted by atomic mass is 10.0. The van der Waals surface area contributed by atoms with Crippen molar-refractivity contribution in [3.05, 3.63) is 36.0 Å². The molecule has 5 N–H and O–H groups in total. The lowest BCUT2D eigenvalue weighted by Gasteiger charge is -2.23. The fourth-order valence-corrected chi connectivity index (χ4v) is 4.04. The number of fused-ring (bicyclic) bond motifs is 1. The highest BCUT2D eigenvalue weighted by Crippen LogP contribution is 2.26. The molecule has 3 rings (SSSR count). The molecule has 0 aliphatic heterocycles. The maximum Gasteiger partial charge on any atom is 0.308 e. The Hall–Kier alpha value is -2.87. The number of nitrogens with two attached hydrogens (primary N) is 1. The molecule has 2 aromatic rings. The number of aliphatic carboxylic acids is 1. The zero-order valence-corrected chi connectivity index (χ0v) is 16.6. The molecule has 1 aliphatic rings. The van der Waals surface area contributed by atoms with E-state index in [9.17, 15) is 19.5 Å². The van der Waals surface area contributed by atoms with Gasteiger partial charge in [-0.05, 0) is 50.4 Å². The predicted molar refractivity (Wildman–Crippen MR) is 109 cm³/mol. The second-order valence-electron chi connectivity index (χ2n) is 7.61.